The fourth-order valence-electron chi connectivity index (χ4n) is 3.96. The Hall–Kier alpha value is -2.20. The van der Waals surface area contributed by atoms with Gasteiger partial charge in [0.05, 0.1) is 58.3 Å². The number of urea groups is 1. The Balaban J connectivity index is 1.31. The summed E-state index contributed by atoms with van der Waals surface area (Å²) in [4.78, 5) is 46.0. The predicted molar refractivity (Wildman–Crippen MR) is 137 cm³/mol. The molecule has 13 nitrogen and oxygen atoms in total. The lowest BCUT2D eigenvalue weighted by Gasteiger charge is -2.16. The minimum absolute atomic E-state index is 0.00219. The first-order chi connectivity index (χ1) is 18.4. The first kappa shape index (κ1) is 32.0. The molecule has 0 unspecified atom stereocenters. The lowest BCUT2D eigenvalue weighted by molar-refractivity contribution is -0.130. The zero-order valence-corrected chi connectivity index (χ0v) is 22.3. The number of aliphatic hydroxyl groups is 1. The van der Waals surface area contributed by atoms with Crippen molar-refractivity contribution in [1.82, 2.24) is 26.6 Å². The third-order valence-corrected chi connectivity index (χ3v) is 7.40. The number of nitrogens with one attached hydrogen (secondary N) is 5. The number of thioether (sulfide) groups is 1. The Labute approximate surface area is 226 Å². The molecule has 0 aliphatic carbocycles. The number of rotatable bonds is 21. The summed E-state index contributed by atoms with van der Waals surface area (Å²) >= 11 is 1.88. The summed E-state index contributed by atoms with van der Waals surface area (Å²) in [5, 5.41) is 22.8. The van der Waals surface area contributed by atoms with Gasteiger partial charge in [-0.15, -0.1) is 0 Å². The van der Waals surface area contributed by atoms with Crippen LogP contribution in [0.3, 0.4) is 0 Å². The summed E-state index contributed by atoms with van der Waals surface area (Å²) in [5.74, 6) is -0.656. The smallest absolute Gasteiger partial charge is 0.315 e. The molecule has 218 valence electrons. The summed E-state index contributed by atoms with van der Waals surface area (Å²) in [6.45, 7) is 0.682. The van der Waals surface area contributed by atoms with E-state index in [-0.39, 0.29) is 37.2 Å². The first-order valence-electron chi connectivity index (χ1n) is 12.9. The number of fused-ring (bicyclic) bond motifs is 1. The second-order valence-electron chi connectivity index (χ2n) is 8.78. The number of halogens is 1. The molecule has 0 aromatic carbocycles. The maximum absolute atomic E-state index is 12.2. The highest BCUT2D eigenvalue weighted by Crippen LogP contribution is 2.33. The van der Waals surface area contributed by atoms with Gasteiger partial charge in [-0.25, -0.2) is 9.18 Å². The quantitative estimate of drug-likeness (QED) is 0.0710. The van der Waals surface area contributed by atoms with E-state index in [1.807, 2.05) is 11.8 Å². The number of carbonyl (C=O) groups excluding carboxylic acids is 4. The summed E-state index contributed by atoms with van der Waals surface area (Å²) in [6, 6.07) is -0.851. The Morgan fingerprint density at radius 3 is 2.29 bits per heavy atom. The molecule has 38 heavy (non-hydrogen) atoms. The summed E-state index contributed by atoms with van der Waals surface area (Å²) in [5.41, 5.74) is 0. The van der Waals surface area contributed by atoms with Crippen molar-refractivity contribution in [2.45, 2.75) is 49.1 Å². The minimum Gasteiger partial charge on any atom is -0.394 e. The van der Waals surface area contributed by atoms with Gasteiger partial charge in [0.2, 0.25) is 11.8 Å². The van der Waals surface area contributed by atoms with E-state index < -0.39 is 31.1 Å². The highest BCUT2D eigenvalue weighted by molar-refractivity contribution is 8.00. The molecular formula is C23H40FN5O8S. The van der Waals surface area contributed by atoms with E-state index >= 15 is 0 Å². The van der Waals surface area contributed by atoms with Gasteiger partial charge in [0.15, 0.2) is 6.67 Å². The highest BCUT2D eigenvalue weighted by atomic mass is 32.2. The molecular weight excluding hydrogens is 525 g/mol. The molecule has 2 aliphatic rings. The highest BCUT2D eigenvalue weighted by Gasteiger charge is 2.42. The molecule has 2 aliphatic heterocycles. The number of ether oxygens (including phenoxy) is 3. The van der Waals surface area contributed by atoms with Gasteiger partial charge in [0.25, 0.3) is 5.91 Å². The molecule has 2 saturated heterocycles. The molecule has 0 spiro atoms. The van der Waals surface area contributed by atoms with Gasteiger partial charge in [0.1, 0.15) is 6.04 Å². The van der Waals surface area contributed by atoms with E-state index in [2.05, 4.69) is 26.6 Å². The second-order valence-corrected chi connectivity index (χ2v) is 10.1. The van der Waals surface area contributed by atoms with E-state index in [1.165, 1.54) is 0 Å². The van der Waals surface area contributed by atoms with Crippen molar-refractivity contribution in [2.24, 2.45) is 0 Å². The number of amides is 5. The monoisotopic (exact) mass is 565 g/mol. The van der Waals surface area contributed by atoms with Crippen LogP contribution in [0.15, 0.2) is 0 Å². The molecule has 0 radical (unpaired) electrons. The average molecular weight is 566 g/mol. The zero-order valence-electron chi connectivity index (χ0n) is 21.5. The largest absolute Gasteiger partial charge is 0.394 e. The van der Waals surface area contributed by atoms with Crippen molar-refractivity contribution in [3.63, 3.8) is 0 Å². The molecule has 4 atom stereocenters. The molecule has 0 aromatic rings. The fourth-order valence-corrected chi connectivity index (χ4v) is 5.51. The Bertz CT molecular complexity index is 753. The van der Waals surface area contributed by atoms with Crippen molar-refractivity contribution in [1.29, 1.82) is 0 Å². The summed E-state index contributed by atoms with van der Waals surface area (Å²) < 4.78 is 28.3. The van der Waals surface area contributed by atoms with Crippen LogP contribution in [0.2, 0.25) is 0 Å². The molecule has 2 heterocycles. The van der Waals surface area contributed by atoms with Gasteiger partial charge in [-0.1, -0.05) is 6.42 Å². The molecule has 2 rings (SSSR count). The molecule has 0 bridgehead atoms. The van der Waals surface area contributed by atoms with Crippen LogP contribution in [0.4, 0.5) is 9.18 Å². The van der Waals surface area contributed by atoms with E-state index in [4.69, 9.17) is 19.3 Å². The van der Waals surface area contributed by atoms with Crippen LogP contribution in [0.5, 0.6) is 0 Å². The fraction of sp³-hybridized carbons (Fsp3) is 0.826. The SMILES string of the molecule is O=C(CCCC[C@@H]1SC[C@@H]2NC(=O)N[C@@H]21)NCCOCCOCCOCCNC(=O)[C@H](CO)NC(=O)CF. The van der Waals surface area contributed by atoms with Gasteiger partial charge in [-0.05, 0) is 12.8 Å². The van der Waals surface area contributed by atoms with E-state index in [9.17, 15) is 23.6 Å². The zero-order chi connectivity index (χ0) is 27.6. The van der Waals surface area contributed by atoms with E-state index in [0.717, 1.165) is 25.0 Å². The molecule has 6 N–H and O–H groups in total. The van der Waals surface area contributed by atoms with Gasteiger partial charge in [-0.3, -0.25) is 14.4 Å². The number of alkyl halides is 1. The number of hydrogen-bond acceptors (Lipinski definition) is 9. The van der Waals surface area contributed by atoms with Crippen molar-refractivity contribution in [2.75, 3.05) is 71.8 Å². The Morgan fingerprint density at radius 1 is 0.974 bits per heavy atom. The van der Waals surface area contributed by atoms with Gasteiger partial charge in [0, 0.05) is 30.5 Å². The molecule has 5 amide bonds. The average Bonchev–Trinajstić information content (AvgIpc) is 3.46. The lowest BCUT2D eigenvalue weighted by atomic mass is 10.0. The number of carbonyl (C=O) groups is 4. The van der Waals surface area contributed by atoms with Crippen LogP contribution >= 0.6 is 11.8 Å². The van der Waals surface area contributed by atoms with Crippen LogP contribution in [-0.2, 0) is 28.6 Å². The lowest BCUT2D eigenvalue weighted by Crippen LogP contribution is -2.49. The third-order valence-electron chi connectivity index (χ3n) is 5.89. The first-order valence-corrected chi connectivity index (χ1v) is 13.9. The van der Waals surface area contributed by atoms with Crippen LogP contribution in [0.25, 0.3) is 0 Å². The van der Waals surface area contributed by atoms with Gasteiger partial charge in [-0.2, -0.15) is 11.8 Å². The van der Waals surface area contributed by atoms with Crippen LogP contribution < -0.4 is 26.6 Å². The summed E-state index contributed by atoms with van der Waals surface area (Å²) in [7, 11) is 0. The number of unbranched alkanes of at least 4 members (excludes halogenated alkanes) is 1. The van der Waals surface area contributed by atoms with Crippen molar-refractivity contribution >= 4 is 35.5 Å². The van der Waals surface area contributed by atoms with Crippen molar-refractivity contribution in [3.05, 3.63) is 0 Å². The minimum atomic E-state index is -1.27. The van der Waals surface area contributed by atoms with Gasteiger partial charge >= 0.3 is 6.03 Å². The van der Waals surface area contributed by atoms with Crippen LogP contribution in [0.1, 0.15) is 25.7 Å². The van der Waals surface area contributed by atoms with Crippen LogP contribution in [-0.4, -0.2) is 124 Å². The number of hydrogen-bond donors (Lipinski definition) is 6. The van der Waals surface area contributed by atoms with Crippen molar-refractivity contribution in [3.8, 4) is 0 Å². The standard InChI is InChI=1S/C23H40FN5O8S/c24-13-20(32)27-16(14-30)22(33)26-6-8-36-10-12-37-11-9-35-7-5-25-19(31)4-2-1-3-18-21-17(15-38-18)28-23(34)29-21/h16-18,21,30H,1-15H2,(H,25,31)(H,26,33)(H,27,32)(H2,28,29,34)/t16-,17-,18-,21-/m0/s1. The Morgan fingerprint density at radius 2 is 1.63 bits per heavy atom. The van der Waals surface area contributed by atoms with Crippen LogP contribution in [0, 0.1) is 0 Å². The van der Waals surface area contributed by atoms with Crippen molar-refractivity contribution < 1.29 is 42.9 Å². The normalized spacial score (nSPS) is 20.8. The maximum Gasteiger partial charge on any atom is 0.315 e. The molecule has 0 saturated carbocycles. The third kappa shape index (κ3) is 12.6. The Kier molecular flexibility index (Phi) is 16.0. The molecule has 2 fully saturated rings. The molecule has 0 aromatic heterocycles. The topological polar surface area (TPSA) is 176 Å². The second kappa shape index (κ2) is 19.0. The van der Waals surface area contributed by atoms with Gasteiger partial charge < -0.3 is 45.9 Å². The van der Waals surface area contributed by atoms with E-state index in [1.54, 1.807) is 0 Å². The summed E-state index contributed by atoms with van der Waals surface area (Å²) in [6.07, 6.45) is 3.22. The molecule has 15 heteroatoms. The predicted octanol–water partition coefficient (Wildman–Crippen LogP) is -1.56. The van der Waals surface area contributed by atoms with E-state index in [0.29, 0.717) is 51.2 Å². The number of aliphatic hydroxyl groups excluding tert-OH is 1. The maximum atomic E-state index is 12.2.